The molecule has 14 heavy (non-hydrogen) atoms. The Hall–Kier alpha value is 0.0300. The summed E-state index contributed by atoms with van der Waals surface area (Å²) in [7, 11) is -8.51. The van der Waals surface area contributed by atoms with Gasteiger partial charge in [0.15, 0.2) is 0 Å². The summed E-state index contributed by atoms with van der Waals surface area (Å²) in [5, 5.41) is 4.34. The predicted molar refractivity (Wildman–Crippen MR) is 47.6 cm³/mol. The van der Waals surface area contributed by atoms with Crippen LogP contribution in [0.2, 0.25) is 0 Å². The summed E-state index contributed by atoms with van der Waals surface area (Å²) in [5.74, 6) is 0. The second kappa shape index (κ2) is 4.70. The number of halogens is 1. The van der Waals surface area contributed by atoms with Crippen molar-refractivity contribution < 1.29 is 25.5 Å². The van der Waals surface area contributed by atoms with Crippen molar-refractivity contribution in [2.24, 2.45) is 5.14 Å². The fourth-order valence-corrected chi connectivity index (χ4v) is 2.01. The fourth-order valence-electron chi connectivity index (χ4n) is 0.628. The highest BCUT2D eigenvalue weighted by Crippen LogP contribution is 2.13. The van der Waals surface area contributed by atoms with Crippen LogP contribution in [0.4, 0.5) is 0 Å². The number of hydrogen-bond acceptors (Lipinski definition) is 6. The van der Waals surface area contributed by atoms with Crippen molar-refractivity contribution in [1.82, 2.24) is 4.31 Å². The van der Waals surface area contributed by atoms with Crippen molar-refractivity contribution in [3.8, 4) is 0 Å². The summed E-state index contributed by atoms with van der Waals surface area (Å²) in [5.41, 5.74) is 0. The van der Waals surface area contributed by atoms with Crippen LogP contribution in [0.3, 0.4) is 0 Å². The molecule has 0 unspecified atom stereocenters. The van der Waals surface area contributed by atoms with E-state index in [0.29, 0.717) is 6.42 Å². The van der Waals surface area contributed by atoms with Gasteiger partial charge in [-0.15, -0.1) is 12.4 Å². The summed E-state index contributed by atoms with van der Waals surface area (Å²) in [6.07, 6.45) is 0.706. The van der Waals surface area contributed by atoms with Gasteiger partial charge in [0.25, 0.3) is 0 Å². The Balaban J connectivity index is 0.00000169. The molecule has 0 saturated carbocycles. The van der Waals surface area contributed by atoms with Gasteiger partial charge in [-0.3, -0.25) is 0 Å². The van der Waals surface area contributed by atoms with Crippen molar-refractivity contribution in [2.75, 3.05) is 13.1 Å². The second-order valence-corrected chi connectivity index (χ2v) is 4.97. The van der Waals surface area contributed by atoms with Gasteiger partial charge in [-0.25, -0.2) is 5.14 Å². The van der Waals surface area contributed by atoms with Crippen LogP contribution in [-0.4, -0.2) is 34.2 Å². The molecule has 0 aliphatic carbocycles. The molecule has 0 spiro atoms. The second-order valence-electron chi connectivity index (χ2n) is 2.34. The quantitative estimate of drug-likeness (QED) is 0.490. The third-order valence-electron chi connectivity index (χ3n) is 1.34. The molecule has 0 radical (unpaired) electrons. The van der Waals surface area contributed by atoms with E-state index in [1.54, 1.807) is 0 Å². The van der Waals surface area contributed by atoms with E-state index in [2.05, 4.69) is 13.8 Å². The average molecular weight is 269 g/mol. The Morgan fingerprint density at radius 1 is 1.07 bits per heavy atom. The molecule has 11 heteroatoms. The van der Waals surface area contributed by atoms with Crippen LogP contribution in [-0.2, 0) is 29.3 Å². The monoisotopic (exact) mass is 268 g/mol. The van der Waals surface area contributed by atoms with Crippen LogP contribution in [0.1, 0.15) is 6.42 Å². The van der Waals surface area contributed by atoms with Crippen LogP contribution < -0.4 is 5.14 Å². The predicted octanol–water partition coefficient (Wildman–Crippen LogP) is -1.49. The first-order valence-corrected chi connectivity index (χ1v) is 6.05. The minimum atomic E-state index is -4.40. The first kappa shape index (κ1) is 14.0. The number of nitrogens with two attached hydrogens (primary N) is 1. The molecule has 1 rings (SSSR count). The zero-order valence-electron chi connectivity index (χ0n) is 6.82. The minimum Gasteiger partial charge on any atom is -0.203 e. The van der Waals surface area contributed by atoms with E-state index in [0.717, 1.165) is 4.31 Å². The van der Waals surface area contributed by atoms with Crippen LogP contribution in [0, 0.1) is 0 Å². The lowest BCUT2D eigenvalue weighted by molar-refractivity contribution is -0.0942. The molecule has 1 fully saturated rings. The van der Waals surface area contributed by atoms with E-state index in [4.69, 9.17) is 0 Å². The third kappa shape index (κ3) is 4.04. The zero-order valence-corrected chi connectivity index (χ0v) is 9.27. The molecule has 86 valence electrons. The first-order valence-electron chi connectivity index (χ1n) is 3.22. The van der Waals surface area contributed by atoms with Crippen molar-refractivity contribution in [2.45, 2.75) is 6.42 Å². The van der Waals surface area contributed by atoms with E-state index >= 15 is 0 Å². The molecule has 2 N–H and O–H groups in total. The summed E-state index contributed by atoms with van der Waals surface area (Å²) in [6.45, 7) is 0.576. The first-order chi connectivity index (χ1) is 5.81. The molecule has 1 aliphatic rings. The Labute approximate surface area is 87.8 Å². The number of hydrogen-bond donors (Lipinski definition) is 1. The zero-order chi connectivity index (χ0) is 10.1. The van der Waals surface area contributed by atoms with Gasteiger partial charge in [-0.05, 0) is 6.42 Å². The molecule has 0 aromatic rings. The van der Waals surface area contributed by atoms with Gasteiger partial charge < -0.3 is 0 Å². The molecular formula is C3H9ClN2O6S2. The molecule has 0 aromatic carbocycles. The molecular weight excluding hydrogens is 260 g/mol. The topological polar surface area (TPSA) is 116 Å². The third-order valence-corrected chi connectivity index (χ3v) is 2.92. The molecule has 0 aromatic heterocycles. The van der Waals surface area contributed by atoms with E-state index in [-0.39, 0.29) is 25.5 Å². The summed E-state index contributed by atoms with van der Waals surface area (Å²) in [4.78, 5) is 0. The highest BCUT2D eigenvalue weighted by atomic mass is 35.5. The molecule has 8 nitrogen and oxygen atoms in total. The number of nitrogens with zero attached hydrogens (tertiary/aromatic N) is 1. The van der Waals surface area contributed by atoms with Gasteiger partial charge in [0, 0.05) is 13.1 Å². The maximum Gasteiger partial charge on any atom is 0.365 e. The SMILES string of the molecule is Cl.NS(=O)(=O)OOS(=O)(=O)N1CCC1. The molecule has 1 aliphatic heterocycles. The summed E-state index contributed by atoms with van der Waals surface area (Å²) >= 11 is 0. The summed E-state index contributed by atoms with van der Waals surface area (Å²) < 4.78 is 50.2. The van der Waals surface area contributed by atoms with E-state index in [1.165, 1.54) is 0 Å². The lowest BCUT2D eigenvalue weighted by Crippen LogP contribution is -2.43. The van der Waals surface area contributed by atoms with Crippen LogP contribution in [0.5, 0.6) is 0 Å². The van der Waals surface area contributed by atoms with Gasteiger partial charge >= 0.3 is 20.6 Å². The van der Waals surface area contributed by atoms with E-state index in [1.807, 2.05) is 0 Å². The lowest BCUT2D eigenvalue weighted by atomic mass is 10.3. The van der Waals surface area contributed by atoms with Crippen molar-refractivity contribution in [1.29, 1.82) is 0 Å². The fraction of sp³-hybridized carbons (Fsp3) is 1.00. The van der Waals surface area contributed by atoms with Gasteiger partial charge in [0.1, 0.15) is 0 Å². The highest BCUT2D eigenvalue weighted by Gasteiger charge is 2.30. The van der Waals surface area contributed by atoms with E-state index < -0.39 is 20.6 Å². The van der Waals surface area contributed by atoms with Gasteiger partial charge in [0.2, 0.25) is 0 Å². The molecule has 1 heterocycles. The van der Waals surface area contributed by atoms with E-state index in [9.17, 15) is 16.8 Å². The van der Waals surface area contributed by atoms with Crippen molar-refractivity contribution in [3.63, 3.8) is 0 Å². The summed E-state index contributed by atoms with van der Waals surface area (Å²) in [6, 6.07) is 0. The lowest BCUT2D eigenvalue weighted by Gasteiger charge is -2.27. The molecule has 1 saturated heterocycles. The van der Waals surface area contributed by atoms with Crippen molar-refractivity contribution >= 4 is 33.0 Å². The average Bonchev–Trinajstić information content (AvgIpc) is 1.77. The Morgan fingerprint density at radius 2 is 1.57 bits per heavy atom. The van der Waals surface area contributed by atoms with Crippen LogP contribution >= 0.6 is 12.4 Å². The Bertz CT molecular complexity index is 372. The van der Waals surface area contributed by atoms with Gasteiger partial charge in [-0.1, -0.05) is 8.67 Å². The normalized spacial score (nSPS) is 18.4. The van der Waals surface area contributed by atoms with Crippen LogP contribution in [0.25, 0.3) is 0 Å². The van der Waals surface area contributed by atoms with Crippen LogP contribution in [0.15, 0.2) is 0 Å². The smallest absolute Gasteiger partial charge is 0.203 e. The van der Waals surface area contributed by atoms with Crippen molar-refractivity contribution in [3.05, 3.63) is 0 Å². The highest BCUT2D eigenvalue weighted by molar-refractivity contribution is 7.86. The maximum atomic E-state index is 10.9. The largest absolute Gasteiger partial charge is 0.365 e. The Morgan fingerprint density at radius 3 is 1.86 bits per heavy atom. The maximum absolute atomic E-state index is 10.9. The van der Waals surface area contributed by atoms with Gasteiger partial charge in [0.05, 0.1) is 0 Å². The standard InChI is InChI=1S/C3H8N2O6S2.ClH/c4-12(6,7)10-11-13(8,9)5-2-1-3-5;/h1-3H2,(H2,4,6,7);1H. The molecule has 0 atom stereocenters. The molecule has 0 bridgehead atoms. The Kier molecular flexibility index (Phi) is 4.71. The van der Waals surface area contributed by atoms with Gasteiger partial charge in [-0.2, -0.15) is 21.1 Å². The number of rotatable bonds is 4. The molecule has 0 amide bonds. The minimum absolute atomic E-state index is 0.